The monoisotopic (exact) mass is 744 g/mol. The molecule has 0 bridgehead atoms. The number of phenolic OH excluding ortho intramolecular Hbond substituents is 1. The number of aromatic hydroxyl groups is 1. The molecule has 17 heteroatoms. The molecular formula is C34H40N4O11S2. The maximum atomic E-state index is 13.6. The van der Waals surface area contributed by atoms with Gasteiger partial charge in [-0.15, -0.1) is 0 Å². The molecule has 1 aliphatic carbocycles. The van der Waals surface area contributed by atoms with Crippen molar-refractivity contribution in [1.29, 1.82) is 0 Å². The summed E-state index contributed by atoms with van der Waals surface area (Å²) >= 11 is 0. The molecule has 2 aromatic carbocycles. The van der Waals surface area contributed by atoms with Gasteiger partial charge >= 0.3 is 5.97 Å². The second kappa shape index (κ2) is 14.8. The summed E-state index contributed by atoms with van der Waals surface area (Å²) in [6.45, 7) is 7.78. The molecule has 0 saturated carbocycles. The number of nitrogens with one attached hydrogen (secondary N) is 2. The summed E-state index contributed by atoms with van der Waals surface area (Å²) in [6, 6.07) is 8.78. The molecule has 0 unspecified atom stereocenters. The van der Waals surface area contributed by atoms with Gasteiger partial charge < -0.3 is 24.1 Å². The van der Waals surface area contributed by atoms with Crippen LogP contribution in [-0.2, 0) is 29.5 Å². The van der Waals surface area contributed by atoms with Crippen molar-refractivity contribution >= 4 is 48.4 Å². The van der Waals surface area contributed by atoms with Crippen molar-refractivity contribution < 1.29 is 45.7 Å². The molecule has 3 aliphatic heterocycles. The van der Waals surface area contributed by atoms with Crippen molar-refractivity contribution in [1.82, 2.24) is 9.80 Å². The number of sulfonamides is 2. The maximum absolute atomic E-state index is 13.6. The summed E-state index contributed by atoms with van der Waals surface area (Å²) < 4.78 is 74.9. The Hall–Kier alpha value is -4.26. The molecule has 4 aliphatic rings. The third-order valence-electron chi connectivity index (χ3n) is 9.20. The fraction of sp³-hybridized carbons (Fsp3) is 0.412. The number of ether oxygens (including phenoxy) is 2. The number of phenols is 1. The number of fused-ring (bicyclic) bond motifs is 2. The summed E-state index contributed by atoms with van der Waals surface area (Å²) in [5.74, 6) is -2.18. The number of aryl methyl sites for hydroxylation is 1. The van der Waals surface area contributed by atoms with Gasteiger partial charge in [0.05, 0.1) is 54.9 Å². The van der Waals surface area contributed by atoms with E-state index in [1.807, 2.05) is 9.80 Å². The average molecular weight is 745 g/mol. The maximum Gasteiger partial charge on any atom is 0.336 e. The van der Waals surface area contributed by atoms with E-state index in [4.69, 9.17) is 13.9 Å². The second-order valence-electron chi connectivity index (χ2n) is 12.6. The van der Waals surface area contributed by atoms with Gasteiger partial charge in [0, 0.05) is 66.9 Å². The highest BCUT2D eigenvalue weighted by molar-refractivity contribution is 7.93. The van der Waals surface area contributed by atoms with E-state index in [1.54, 1.807) is 18.2 Å². The fourth-order valence-electron chi connectivity index (χ4n) is 6.37. The van der Waals surface area contributed by atoms with Crippen LogP contribution in [0.1, 0.15) is 21.5 Å². The summed E-state index contributed by atoms with van der Waals surface area (Å²) in [7, 11) is -8.00. The zero-order chi connectivity index (χ0) is 36.5. The quantitative estimate of drug-likeness (QED) is 0.122. The standard InChI is InChI=1S/C34H40N4O11S2/c1-21-30(39)27(35-50(43,44)17-11-37-7-13-47-14-8-37)19-25-29(23-5-3-4-6-24(23)34(41)42)26-20-28(31(40)22(2)33(26)49-32(21)25)36-51(45,46)18-12-38-9-15-48-16-10-38/h3-6,19-20,35-36,39H,7-18H2,1-2H3,(H,41,42). The number of hydrogen-bond acceptors (Lipinski definition) is 12. The van der Waals surface area contributed by atoms with Crippen LogP contribution in [0.4, 0.5) is 11.4 Å². The number of aromatic carboxylic acids is 1. The van der Waals surface area contributed by atoms with E-state index in [-0.39, 0.29) is 86.1 Å². The van der Waals surface area contributed by atoms with Crippen LogP contribution in [0.3, 0.4) is 0 Å². The third kappa shape index (κ3) is 7.98. The third-order valence-corrected chi connectivity index (χ3v) is 11.7. The predicted molar refractivity (Wildman–Crippen MR) is 192 cm³/mol. The predicted octanol–water partition coefficient (Wildman–Crippen LogP) is 2.73. The Morgan fingerprint density at radius 2 is 1.35 bits per heavy atom. The summed E-state index contributed by atoms with van der Waals surface area (Å²) in [5, 5.41) is 21.7. The molecule has 15 nitrogen and oxygen atoms in total. The number of anilines is 2. The molecule has 2 fully saturated rings. The number of morpholine rings is 2. The van der Waals surface area contributed by atoms with Crippen molar-refractivity contribution in [2.45, 2.75) is 13.8 Å². The summed E-state index contributed by atoms with van der Waals surface area (Å²) in [6.07, 6.45) is 0. The highest BCUT2D eigenvalue weighted by Gasteiger charge is 2.29. The van der Waals surface area contributed by atoms with E-state index in [1.165, 1.54) is 32.0 Å². The lowest BCUT2D eigenvalue weighted by atomic mass is 9.88. The Morgan fingerprint density at radius 1 is 0.804 bits per heavy atom. The van der Waals surface area contributed by atoms with Crippen LogP contribution in [0.25, 0.3) is 33.4 Å². The molecule has 0 radical (unpaired) electrons. The molecule has 2 aromatic rings. The van der Waals surface area contributed by atoms with Crippen LogP contribution in [0.5, 0.6) is 5.75 Å². The highest BCUT2D eigenvalue weighted by atomic mass is 32.2. The minimum Gasteiger partial charge on any atom is -0.505 e. The van der Waals surface area contributed by atoms with Gasteiger partial charge in [-0.05, 0) is 37.6 Å². The lowest BCUT2D eigenvalue weighted by Gasteiger charge is -2.26. The molecule has 0 atom stereocenters. The van der Waals surface area contributed by atoms with Crippen molar-refractivity contribution in [3.8, 4) is 28.2 Å². The van der Waals surface area contributed by atoms with Crippen LogP contribution in [0, 0.1) is 13.8 Å². The number of nitrogens with zero attached hydrogens (tertiary/aromatic N) is 2. The second-order valence-corrected chi connectivity index (χ2v) is 16.3. The zero-order valence-electron chi connectivity index (χ0n) is 28.2. The van der Waals surface area contributed by atoms with E-state index in [0.29, 0.717) is 52.6 Å². The largest absolute Gasteiger partial charge is 0.505 e. The number of benzene rings is 3. The number of rotatable bonds is 12. The molecule has 274 valence electrons. The van der Waals surface area contributed by atoms with Crippen LogP contribution in [0.2, 0.25) is 0 Å². The topological polar surface area (TPSA) is 205 Å². The Bertz CT molecular complexity index is 2210. The van der Waals surface area contributed by atoms with E-state index in [2.05, 4.69) is 9.44 Å². The van der Waals surface area contributed by atoms with Gasteiger partial charge in [0.1, 0.15) is 17.1 Å². The number of carboxylic acid groups (broad SMARTS) is 1. The lowest BCUT2D eigenvalue weighted by Crippen LogP contribution is -2.40. The minimum absolute atomic E-state index is 0.0419. The van der Waals surface area contributed by atoms with Crippen LogP contribution in [0.15, 0.2) is 45.6 Å². The van der Waals surface area contributed by atoms with Gasteiger partial charge in [-0.3, -0.25) is 24.0 Å². The number of carbonyl (C=O) groups is 1. The molecule has 4 N–H and O–H groups in total. The van der Waals surface area contributed by atoms with Crippen molar-refractivity contribution in [2.75, 3.05) is 86.6 Å². The van der Waals surface area contributed by atoms with Gasteiger partial charge in [-0.1, -0.05) is 18.2 Å². The van der Waals surface area contributed by atoms with Gasteiger partial charge in [0.2, 0.25) is 25.5 Å². The van der Waals surface area contributed by atoms with Crippen LogP contribution in [-0.4, -0.2) is 120 Å². The van der Waals surface area contributed by atoms with Crippen molar-refractivity contribution in [2.24, 2.45) is 0 Å². The average Bonchev–Trinajstić information content (AvgIpc) is 3.11. The highest BCUT2D eigenvalue weighted by Crippen LogP contribution is 2.47. The molecule has 0 amide bonds. The Morgan fingerprint density at radius 3 is 1.92 bits per heavy atom. The summed E-state index contributed by atoms with van der Waals surface area (Å²) in [4.78, 5) is 30.0. The Labute approximate surface area is 295 Å². The van der Waals surface area contributed by atoms with Crippen molar-refractivity contribution in [3.05, 3.63) is 63.3 Å². The molecule has 6 rings (SSSR count). The van der Waals surface area contributed by atoms with Crippen molar-refractivity contribution in [3.63, 3.8) is 0 Å². The normalized spacial score (nSPS) is 16.4. The Balaban J connectivity index is 1.49. The molecule has 2 saturated heterocycles. The molecule has 0 aromatic heterocycles. The summed E-state index contributed by atoms with van der Waals surface area (Å²) in [5.41, 5.74) is -0.296. The van der Waals surface area contributed by atoms with E-state index >= 15 is 0 Å². The Kier molecular flexibility index (Phi) is 10.6. The minimum atomic E-state index is -4.01. The van der Waals surface area contributed by atoms with E-state index < -0.39 is 37.2 Å². The van der Waals surface area contributed by atoms with Gasteiger partial charge in [0.25, 0.3) is 0 Å². The first kappa shape index (κ1) is 36.5. The molecular weight excluding hydrogens is 705 g/mol. The van der Waals surface area contributed by atoms with Crippen LogP contribution < -0.4 is 14.9 Å². The number of carboxylic acids is 1. The first-order chi connectivity index (χ1) is 24.2. The van der Waals surface area contributed by atoms with Gasteiger partial charge in [0.15, 0.2) is 0 Å². The smallest absolute Gasteiger partial charge is 0.336 e. The molecule has 0 spiro atoms. The van der Waals surface area contributed by atoms with E-state index in [9.17, 15) is 36.6 Å². The van der Waals surface area contributed by atoms with E-state index in [0.717, 1.165) is 0 Å². The van der Waals surface area contributed by atoms with Gasteiger partial charge in [-0.2, -0.15) is 0 Å². The van der Waals surface area contributed by atoms with Crippen LogP contribution >= 0.6 is 0 Å². The molecule has 51 heavy (non-hydrogen) atoms. The first-order valence-corrected chi connectivity index (χ1v) is 19.8. The SMILES string of the molecule is Cc1c2oc3c(C)c(O)c(NS(=O)(=O)CCN4CCOCC4)cc3c(-c3ccccc3C(=O)O)c-2cc(NS(=O)(=O)CCN2CCOCC2)c1=O. The first-order valence-electron chi connectivity index (χ1n) is 16.5. The fourth-order valence-corrected chi connectivity index (χ4v) is 8.55. The number of hydrogen-bond donors (Lipinski definition) is 4. The molecule has 3 heterocycles. The zero-order valence-corrected chi connectivity index (χ0v) is 29.9. The van der Waals surface area contributed by atoms with Gasteiger partial charge in [-0.25, -0.2) is 21.6 Å². The lowest BCUT2D eigenvalue weighted by molar-refractivity contribution is 0.0408.